The van der Waals surface area contributed by atoms with Gasteiger partial charge in [0.05, 0.1) is 11.9 Å². The summed E-state index contributed by atoms with van der Waals surface area (Å²) in [5.41, 5.74) is 2.24. The van der Waals surface area contributed by atoms with E-state index in [1.54, 1.807) is 31.2 Å². The molecule has 0 radical (unpaired) electrons. The number of rotatable bonds is 10. The predicted molar refractivity (Wildman–Crippen MR) is 135 cm³/mol. The zero-order valence-corrected chi connectivity index (χ0v) is 22.1. The molecule has 0 aromatic heterocycles. The van der Waals surface area contributed by atoms with Crippen molar-refractivity contribution < 1.29 is 18.0 Å². The Balaban J connectivity index is 2.40. The monoisotopic (exact) mass is 537 g/mol. The second-order valence-corrected chi connectivity index (χ2v) is 11.0. The Bertz CT molecular complexity index is 1090. The first-order valence-electron chi connectivity index (χ1n) is 10.8. The number of benzene rings is 2. The molecule has 2 aromatic carbocycles. The SMILES string of the molecule is CC[C@@H](C)NC(=O)[C@@H](C)N(Cc1ccccc1C)C(=O)CN(c1cccc(Br)c1)S(C)(=O)=O. The van der Waals surface area contributed by atoms with E-state index in [1.165, 1.54) is 4.90 Å². The number of halogens is 1. The number of aryl methyl sites for hydroxylation is 1. The Morgan fingerprint density at radius 2 is 1.76 bits per heavy atom. The second-order valence-electron chi connectivity index (χ2n) is 8.19. The number of carbonyl (C=O) groups is 2. The van der Waals surface area contributed by atoms with Gasteiger partial charge >= 0.3 is 0 Å². The molecule has 0 aliphatic rings. The number of carbonyl (C=O) groups excluding carboxylic acids is 2. The quantitative estimate of drug-likeness (QED) is 0.498. The van der Waals surface area contributed by atoms with Gasteiger partial charge in [-0.2, -0.15) is 0 Å². The van der Waals surface area contributed by atoms with E-state index in [-0.39, 0.29) is 18.5 Å². The van der Waals surface area contributed by atoms with Crippen LogP contribution < -0.4 is 9.62 Å². The topological polar surface area (TPSA) is 86.8 Å². The van der Waals surface area contributed by atoms with Crippen LogP contribution in [0.1, 0.15) is 38.3 Å². The van der Waals surface area contributed by atoms with E-state index in [1.807, 2.05) is 45.0 Å². The molecule has 0 heterocycles. The molecule has 0 spiro atoms. The minimum Gasteiger partial charge on any atom is -0.352 e. The molecule has 0 aliphatic heterocycles. The van der Waals surface area contributed by atoms with E-state index in [4.69, 9.17) is 0 Å². The summed E-state index contributed by atoms with van der Waals surface area (Å²) in [6.45, 7) is 7.24. The average Bonchev–Trinajstić information content (AvgIpc) is 2.75. The van der Waals surface area contributed by atoms with Crippen LogP contribution >= 0.6 is 15.9 Å². The van der Waals surface area contributed by atoms with Crippen molar-refractivity contribution in [1.82, 2.24) is 10.2 Å². The van der Waals surface area contributed by atoms with Crippen molar-refractivity contribution in [3.8, 4) is 0 Å². The Hall–Kier alpha value is -2.39. The minimum absolute atomic E-state index is 0.0375. The van der Waals surface area contributed by atoms with Gasteiger partial charge in [0, 0.05) is 17.1 Å². The Morgan fingerprint density at radius 1 is 1.09 bits per heavy atom. The van der Waals surface area contributed by atoms with Gasteiger partial charge in [-0.05, 0) is 56.5 Å². The Kier molecular flexibility index (Phi) is 9.48. The molecule has 0 unspecified atom stereocenters. The normalized spacial score (nSPS) is 13.2. The molecule has 2 rings (SSSR count). The summed E-state index contributed by atoms with van der Waals surface area (Å²) in [5.74, 6) is -0.741. The van der Waals surface area contributed by atoms with Gasteiger partial charge in [-0.15, -0.1) is 0 Å². The van der Waals surface area contributed by atoms with Crippen LogP contribution in [-0.2, 0) is 26.2 Å². The standard InChI is InChI=1S/C24H32BrN3O4S/c1-6-18(3)26-24(30)19(4)27(15-20-11-8-7-10-17(20)2)23(29)16-28(33(5,31)32)22-13-9-12-21(25)14-22/h7-14,18-19H,6,15-16H2,1-5H3,(H,26,30)/t18-,19-/m1/s1. The summed E-state index contributed by atoms with van der Waals surface area (Å²) in [6.07, 6.45) is 1.82. The fraction of sp³-hybridized carbons (Fsp3) is 0.417. The molecule has 2 atom stereocenters. The van der Waals surface area contributed by atoms with Gasteiger partial charge < -0.3 is 10.2 Å². The molecule has 9 heteroatoms. The number of nitrogens with one attached hydrogen (secondary N) is 1. The van der Waals surface area contributed by atoms with Gasteiger partial charge in [0.25, 0.3) is 0 Å². The molecule has 180 valence electrons. The highest BCUT2D eigenvalue weighted by Gasteiger charge is 2.30. The van der Waals surface area contributed by atoms with Crippen molar-refractivity contribution in [2.45, 2.75) is 52.7 Å². The lowest BCUT2D eigenvalue weighted by atomic mass is 10.1. The molecule has 1 N–H and O–H groups in total. The van der Waals surface area contributed by atoms with Crippen LogP contribution in [0.2, 0.25) is 0 Å². The molecule has 7 nitrogen and oxygen atoms in total. The van der Waals surface area contributed by atoms with E-state index < -0.39 is 28.5 Å². The molecule has 0 saturated carbocycles. The number of anilines is 1. The maximum Gasteiger partial charge on any atom is 0.244 e. The van der Waals surface area contributed by atoms with E-state index in [2.05, 4.69) is 21.2 Å². The van der Waals surface area contributed by atoms with Gasteiger partial charge in [0.2, 0.25) is 21.8 Å². The van der Waals surface area contributed by atoms with Crippen LogP contribution in [-0.4, -0.2) is 50.0 Å². The summed E-state index contributed by atoms with van der Waals surface area (Å²) >= 11 is 3.35. The summed E-state index contributed by atoms with van der Waals surface area (Å²) in [5, 5.41) is 2.92. The number of sulfonamides is 1. The smallest absolute Gasteiger partial charge is 0.244 e. The van der Waals surface area contributed by atoms with Crippen molar-refractivity contribution >= 4 is 43.5 Å². The van der Waals surface area contributed by atoms with Crippen molar-refractivity contribution in [1.29, 1.82) is 0 Å². The van der Waals surface area contributed by atoms with Crippen molar-refractivity contribution in [2.75, 3.05) is 17.1 Å². The largest absolute Gasteiger partial charge is 0.352 e. The number of amides is 2. The second kappa shape index (κ2) is 11.7. The molecule has 2 amide bonds. The van der Waals surface area contributed by atoms with Crippen molar-refractivity contribution in [2.24, 2.45) is 0 Å². The number of hydrogen-bond acceptors (Lipinski definition) is 4. The fourth-order valence-corrected chi connectivity index (χ4v) is 4.49. The van der Waals surface area contributed by atoms with Gasteiger partial charge in [-0.25, -0.2) is 8.42 Å². The first-order valence-corrected chi connectivity index (χ1v) is 13.5. The molecule has 0 saturated heterocycles. The molecule has 0 aliphatic carbocycles. The minimum atomic E-state index is -3.75. The third-order valence-corrected chi connectivity index (χ3v) is 7.18. The molecular formula is C24H32BrN3O4S. The Morgan fingerprint density at radius 3 is 2.33 bits per heavy atom. The van der Waals surface area contributed by atoms with Crippen LogP contribution in [0.4, 0.5) is 5.69 Å². The van der Waals surface area contributed by atoms with Crippen LogP contribution in [0.15, 0.2) is 53.0 Å². The van der Waals surface area contributed by atoms with Crippen LogP contribution in [0.25, 0.3) is 0 Å². The average molecular weight is 539 g/mol. The number of nitrogens with zero attached hydrogens (tertiary/aromatic N) is 2. The first kappa shape index (κ1) is 26.9. The zero-order chi connectivity index (χ0) is 24.8. The first-order chi connectivity index (χ1) is 15.4. The van der Waals surface area contributed by atoms with Crippen molar-refractivity contribution in [3.63, 3.8) is 0 Å². The van der Waals surface area contributed by atoms with Crippen molar-refractivity contribution in [3.05, 3.63) is 64.1 Å². The van der Waals surface area contributed by atoms with Gasteiger partial charge in [0.15, 0.2) is 0 Å². The fourth-order valence-electron chi connectivity index (χ4n) is 3.26. The summed E-state index contributed by atoms with van der Waals surface area (Å²) in [4.78, 5) is 27.8. The maximum atomic E-state index is 13.5. The highest BCUT2D eigenvalue weighted by Crippen LogP contribution is 2.23. The van der Waals surface area contributed by atoms with E-state index in [0.717, 1.165) is 28.1 Å². The Labute approximate surface area is 205 Å². The van der Waals surface area contributed by atoms with E-state index >= 15 is 0 Å². The van der Waals surface area contributed by atoms with Gasteiger partial charge in [-0.3, -0.25) is 13.9 Å². The third kappa shape index (κ3) is 7.57. The lowest BCUT2D eigenvalue weighted by Gasteiger charge is -2.32. The van der Waals surface area contributed by atoms with E-state index in [9.17, 15) is 18.0 Å². The summed E-state index contributed by atoms with van der Waals surface area (Å²) < 4.78 is 26.9. The van der Waals surface area contributed by atoms with Crippen LogP contribution in [0, 0.1) is 6.92 Å². The molecule has 2 aromatic rings. The summed E-state index contributed by atoms with van der Waals surface area (Å²) in [6, 6.07) is 13.5. The predicted octanol–water partition coefficient (Wildman–Crippen LogP) is 3.86. The number of hydrogen-bond donors (Lipinski definition) is 1. The molecule has 0 fully saturated rings. The van der Waals surface area contributed by atoms with Crippen LogP contribution in [0.5, 0.6) is 0 Å². The van der Waals surface area contributed by atoms with Gasteiger partial charge in [0.1, 0.15) is 12.6 Å². The lowest BCUT2D eigenvalue weighted by molar-refractivity contribution is -0.139. The molecule has 0 bridgehead atoms. The van der Waals surface area contributed by atoms with Crippen LogP contribution in [0.3, 0.4) is 0 Å². The maximum absolute atomic E-state index is 13.5. The third-order valence-electron chi connectivity index (χ3n) is 5.55. The molecule has 33 heavy (non-hydrogen) atoms. The zero-order valence-electron chi connectivity index (χ0n) is 19.7. The molecular weight excluding hydrogens is 506 g/mol. The summed E-state index contributed by atoms with van der Waals surface area (Å²) in [7, 11) is -3.75. The highest BCUT2D eigenvalue weighted by molar-refractivity contribution is 9.10. The highest BCUT2D eigenvalue weighted by atomic mass is 79.9. The van der Waals surface area contributed by atoms with Gasteiger partial charge in [-0.1, -0.05) is 53.2 Å². The lowest BCUT2D eigenvalue weighted by Crippen LogP contribution is -2.52. The van der Waals surface area contributed by atoms with E-state index in [0.29, 0.717) is 10.2 Å².